The van der Waals surface area contributed by atoms with Crippen molar-refractivity contribution in [2.24, 2.45) is 0 Å². The lowest BCUT2D eigenvalue weighted by Gasteiger charge is -2.34. The summed E-state index contributed by atoms with van der Waals surface area (Å²) < 4.78 is 1.40. The average molecular weight is 608 g/mol. The van der Waals surface area contributed by atoms with E-state index in [9.17, 15) is 10.2 Å². The molecule has 37 heavy (non-hydrogen) atoms. The van der Waals surface area contributed by atoms with E-state index in [0.717, 1.165) is 32.7 Å². The minimum Gasteiger partial charge on any atom is -0.507 e. The van der Waals surface area contributed by atoms with Crippen molar-refractivity contribution in [1.29, 1.82) is 0 Å². The molecular formula is C33H20Br2O2. The number of halogens is 2. The topological polar surface area (TPSA) is 40.5 Å². The molecule has 2 N–H and O–H groups in total. The van der Waals surface area contributed by atoms with Crippen molar-refractivity contribution in [3.63, 3.8) is 0 Å². The molecule has 0 spiro atoms. The van der Waals surface area contributed by atoms with Crippen molar-refractivity contribution >= 4 is 53.4 Å². The first-order valence-electron chi connectivity index (χ1n) is 12.0. The zero-order valence-corrected chi connectivity index (χ0v) is 22.7. The second-order valence-corrected chi connectivity index (χ2v) is 11.1. The van der Waals surface area contributed by atoms with Gasteiger partial charge in [-0.25, -0.2) is 0 Å². The molecule has 6 aromatic rings. The smallest absolute Gasteiger partial charge is 0.130 e. The van der Waals surface area contributed by atoms with Crippen LogP contribution in [0, 0.1) is 0 Å². The highest BCUT2D eigenvalue weighted by molar-refractivity contribution is 9.11. The largest absolute Gasteiger partial charge is 0.507 e. The fraction of sp³-hybridized carbons (Fsp3) is 0.0303. The Morgan fingerprint density at radius 1 is 0.486 bits per heavy atom. The van der Waals surface area contributed by atoms with Crippen LogP contribution >= 0.6 is 31.9 Å². The van der Waals surface area contributed by atoms with E-state index in [1.807, 2.05) is 12.1 Å². The summed E-state index contributed by atoms with van der Waals surface area (Å²) in [6.07, 6.45) is 0. The number of rotatable bonds is 2. The van der Waals surface area contributed by atoms with Crippen LogP contribution in [0.2, 0.25) is 0 Å². The first kappa shape index (κ1) is 22.6. The third kappa shape index (κ3) is 3.09. The van der Waals surface area contributed by atoms with Crippen LogP contribution < -0.4 is 0 Å². The molecular weight excluding hydrogens is 588 g/mol. The van der Waals surface area contributed by atoms with Crippen LogP contribution in [0.1, 0.15) is 22.3 Å². The summed E-state index contributed by atoms with van der Waals surface area (Å²) in [4.78, 5) is 0. The minimum absolute atomic E-state index is 0.231. The zero-order valence-electron chi connectivity index (χ0n) is 19.5. The van der Waals surface area contributed by atoms with Gasteiger partial charge in [-0.1, -0.05) is 84.9 Å². The van der Waals surface area contributed by atoms with E-state index >= 15 is 0 Å². The molecule has 6 aromatic carbocycles. The Labute approximate surface area is 231 Å². The molecule has 178 valence electrons. The molecule has 0 fully saturated rings. The molecule has 0 aromatic heterocycles. The number of hydrogen-bond donors (Lipinski definition) is 2. The van der Waals surface area contributed by atoms with Crippen molar-refractivity contribution in [3.8, 4) is 22.6 Å². The summed E-state index contributed by atoms with van der Waals surface area (Å²) in [5.41, 5.74) is 6.73. The van der Waals surface area contributed by atoms with Crippen molar-refractivity contribution in [2.75, 3.05) is 0 Å². The van der Waals surface area contributed by atoms with Gasteiger partial charge in [0.05, 0.1) is 14.4 Å². The van der Waals surface area contributed by atoms with Crippen LogP contribution in [0.25, 0.3) is 32.7 Å². The lowest BCUT2D eigenvalue weighted by atomic mass is 9.67. The van der Waals surface area contributed by atoms with E-state index in [1.165, 1.54) is 22.3 Å². The van der Waals surface area contributed by atoms with Crippen LogP contribution in [0.3, 0.4) is 0 Å². The summed E-state index contributed by atoms with van der Waals surface area (Å²) in [7, 11) is 0. The van der Waals surface area contributed by atoms with Gasteiger partial charge in [0.1, 0.15) is 11.5 Å². The van der Waals surface area contributed by atoms with Crippen LogP contribution in [-0.2, 0) is 5.41 Å². The van der Waals surface area contributed by atoms with Crippen LogP contribution in [0.5, 0.6) is 11.5 Å². The average Bonchev–Trinajstić information content (AvgIpc) is 3.24. The molecule has 4 heteroatoms. The van der Waals surface area contributed by atoms with E-state index in [-0.39, 0.29) is 11.5 Å². The van der Waals surface area contributed by atoms with Crippen molar-refractivity contribution in [2.45, 2.75) is 5.41 Å². The number of fused-ring (bicyclic) bond motifs is 5. The Kier molecular flexibility index (Phi) is 5.01. The third-order valence-corrected chi connectivity index (χ3v) is 9.35. The SMILES string of the molecule is Oc1ccc2cc(C3(c4ccc5c(Br)c(O)ccc5c4)c4ccccc4-c4ccccc43)ccc2c1Br. The summed E-state index contributed by atoms with van der Waals surface area (Å²) in [6.45, 7) is 0. The molecule has 0 unspecified atom stereocenters. The van der Waals surface area contributed by atoms with Gasteiger partial charge in [-0.05, 0) is 111 Å². The summed E-state index contributed by atoms with van der Waals surface area (Å²) in [6, 6.07) is 37.8. The first-order valence-corrected chi connectivity index (χ1v) is 13.6. The quantitative estimate of drug-likeness (QED) is 0.206. The molecule has 0 bridgehead atoms. The van der Waals surface area contributed by atoms with Gasteiger partial charge in [0.25, 0.3) is 0 Å². The van der Waals surface area contributed by atoms with Crippen LogP contribution in [0.15, 0.2) is 118 Å². The van der Waals surface area contributed by atoms with Gasteiger partial charge in [-0.3, -0.25) is 0 Å². The molecule has 0 aliphatic heterocycles. The first-order chi connectivity index (χ1) is 18.0. The number of phenols is 2. The standard InChI is InChI=1S/C33H20Br2O2/c34-31-23-13-11-21(17-19(23)9-15-29(31)36)33(22-12-14-24-20(18-22)10-16-30(37)32(24)35)27-7-3-1-5-25(27)26-6-2-4-8-28(26)33/h1-18,36-37H. The van der Waals surface area contributed by atoms with E-state index in [2.05, 4.69) is 117 Å². The predicted octanol–water partition coefficient (Wildman–Crippen LogP) is 9.29. The summed E-state index contributed by atoms with van der Waals surface area (Å²) >= 11 is 7.13. The summed E-state index contributed by atoms with van der Waals surface area (Å²) in [5.74, 6) is 0.463. The molecule has 0 saturated carbocycles. The van der Waals surface area contributed by atoms with Crippen LogP contribution in [-0.4, -0.2) is 10.2 Å². The number of benzene rings is 6. The van der Waals surface area contributed by atoms with Gasteiger partial charge in [0.2, 0.25) is 0 Å². The van der Waals surface area contributed by atoms with Crippen molar-refractivity contribution in [3.05, 3.63) is 140 Å². The van der Waals surface area contributed by atoms with Crippen molar-refractivity contribution in [1.82, 2.24) is 0 Å². The monoisotopic (exact) mass is 606 g/mol. The van der Waals surface area contributed by atoms with E-state index in [4.69, 9.17) is 0 Å². The molecule has 7 rings (SSSR count). The molecule has 2 nitrogen and oxygen atoms in total. The number of aromatic hydroxyl groups is 2. The molecule has 1 aliphatic rings. The van der Waals surface area contributed by atoms with E-state index in [0.29, 0.717) is 8.95 Å². The Balaban J connectivity index is 1.62. The molecule has 0 heterocycles. The van der Waals surface area contributed by atoms with E-state index in [1.54, 1.807) is 12.1 Å². The molecule has 0 amide bonds. The molecule has 0 radical (unpaired) electrons. The normalized spacial score (nSPS) is 13.6. The third-order valence-electron chi connectivity index (χ3n) is 7.69. The lowest BCUT2D eigenvalue weighted by Crippen LogP contribution is -2.28. The Hall–Kier alpha value is -3.60. The van der Waals surface area contributed by atoms with Gasteiger partial charge < -0.3 is 10.2 Å². The highest BCUT2D eigenvalue weighted by Gasteiger charge is 2.46. The summed E-state index contributed by atoms with van der Waals surface area (Å²) in [5, 5.41) is 24.6. The second kappa shape index (κ2) is 8.20. The van der Waals surface area contributed by atoms with Gasteiger partial charge >= 0.3 is 0 Å². The maximum absolute atomic E-state index is 10.3. The van der Waals surface area contributed by atoms with Gasteiger partial charge in [-0.15, -0.1) is 0 Å². The van der Waals surface area contributed by atoms with Gasteiger partial charge in [-0.2, -0.15) is 0 Å². The van der Waals surface area contributed by atoms with Crippen molar-refractivity contribution < 1.29 is 10.2 Å². The van der Waals surface area contributed by atoms with Gasteiger partial charge in [0, 0.05) is 0 Å². The molecule has 0 atom stereocenters. The number of hydrogen-bond acceptors (Lipinski definition) is 2. The fourth-order valence-electron chi connectivity index (χ4n) is 6.05. The Morgan fingerprint density at radius 3 is 1.38 bits per heavy atom. The van der Waals surface area contributed by atoms with Gasteiger partial charge in [0.15, 0.2) is 0 Å². The molecule has 0 saturated heterocycles. The fourth-order valence-corrected chi connectivity index (χ4v) is 7.04. The molecule has 1 aliphatic carbocycles. The maximum atomic E-state index is 10.3. The Bertz CT molecular complexity index is 1750. The minimum atomic E-state index is -0.537. The zero-order chi connectivity index (χ0) is 25.3. The Morgan fingerprint density at radius 2 is 0.919 bits per heavy atom. The lowest BCUT2D eigenvalue weighted by molar-refractivity contribution is 0.472. The highest BCUT2D eigenvalue weighted by Crippen LogP contribution is 2.56. The highest BCUT2D eigenvalue weighted by atomic mass is 79.9. The van der Waals surface area contributed by atoms with Crippen LogP contribution in [0.4, 0.5) is 0 Å². The maximum Gasteiger partial charge on any atom is 0.130 e. The second-order valence-electron chi connectivity index (χ2n) is 9.51. The van der Waals surface area contributed by atoms with E-state index < -0.39 is 5.41 Å². The number of phenolic OH excluding ortho intramolecular Hbond substituents is 2. The predicted molar refractivity (Wildman–Crippen MR) is 157 cm³/mol.